The molecule has 0 aliphatic heterocycles. The summed E-state index contributed by atoms with van der Waals surface area (Å²) in [5, 5.41) is 22.0. The maximum absolute atomic E-state index is 11.0. The van der Waals surface area contributed by atoms with E-state index < -0.39 is 5.97 Å². The third kappa shape index (κ3) is 5.17. The normalized spacial score (nSPS) is 14.2. The number of carboxylic acid groups (broad SMARTS) is 1. The number of benzene rings is 3. The lowest BCUT2D eigenvalue weighted by Gasteiger charge is -2.21. The number of aromatic carboxylic acids is 1. The molecule has 0 saturated carbocycles. The fourth-order valence-electron chi connectivity index (χ4n) is 4.19. The largest absolute Gasteiger partial charge is 0.489 e. The van der Waals surface area contributed by atoms with Crippen molar-refractivity contribution >= 4 is 11.7 Å². The van der Waals surface area contributed by atoms with E-state index in [-0.39, 0.29) is 0 Å². The van der Waals surface area contributed by atoms with E-state index >= 15 is 0 Å². The predicted molar refractivity (Wildman–Crippen MR) is 124 cm³/mol. The number of hydrogen-bond acceptors (Lipinski definition) is 4. The van der Waals surface area contributed by atoms with Crippen LogP contribution in [0.15, 0.2) is 71.9 Å². The van der Waals surface area contributed by atoms with Crippen molar-refractivity contribution < 1.29 is 19.8 Å². The Kier molecular flexibility index (Phi) is 6.85. The lowest BCUT2D eigenvalue weighted by Crippen LogP contribution is -2.13. The van der Waals surface area contributed by atoms with Crippen molar-refractivity contribution in [1.82, 2.24) is 0 Å². The van der Waals surface area contributed by atoms with Crippen molar-refractivity contribution in [2.75, 3.05) is 0 Å². The molecule has 32 heavy (non-hydrogen) atoms. The highest BCUT2D eigenvalue weighted by molar-refractivity contribution is 6.02. The molecule has 3 aromatic carbocycles. The Labute approximate surface area is 188 Å². The van der Waals surface area contributed by atoms with Gasteiger partial charge in [-0.05, 0) is 85.0 Å². The quantitative estimate of drug-likeness (QED) is 0.358. The molecule has 0 atom stereocenters. The molecule has 0 fully saturated rings. The van der Waals surface area contributed by atoms with Crippen LogP contribution in [-0.4, -0.2) is 22.0 Å². The molecule has 0 amide bonds. The van der Waals surface area contributed by atoms with E-state index in [0.29, 0.717) is 12.2 Å². The molecule has 5 nitrogen and oxygen atoms in total. The predicted octanol–water partition coefficient (Wildman–Crippen LogP) is 5.65. The second kappa shape index (κ2) is 10.1. The Bertz CT molecular complexity index is 1100. The zero-order valence-electron chi connectivity index (χ0n) is 18.0. The Morgan fingerprint density at radius 1 is 0.938 bits per heavy atom. The van der Waals surface area contributed by atoms with Crippen molar-refractivity contribution in [2.45, 2.75) is 45.1 Å². The van der Waals surface area contributed by atoms with Crippen LogP contribution in [0.1, 0.15) is 57.4 Å². The first-order chi connectivity index (χ1) is 15.6. The zero-order valence-corrected chi connectivity index (χ0v) is 18.0. The number of nitrogens with zero attached hydrogens (tertiary/aromatic N) is 1. The molecular formula is C27H27NO4. The number of fused-ring (bicyclic) bond motifs is 1. The summed E-state index contributed by atoms with van der Waals surface area (Å²) in [5.41, 5.74) is 6.56. The van der Waals surface area contributed by atoms with Crippen LogP contribution in [0, 0.1) is 0 Å². The first-order valence-electron chi connectivity index (χ1n) is 11.0. The van der Waals surface area contributed by atoms with Crippen molar-refractivity contribution in [1.29, 1.82) is 0 Å². The van der Waals surface area contributed by atoms with Crippen LogP contribution in [0.2, 0.25) is 0 Å². The SMILES string of the molecule is O=C(O)c1ccc(CCCc2cc3c(cc2OCc2ccccc2)CCC/C3=N\O)cc1. The van der Waals surface area contributed by atoms with Gasteiger partial charge in [-0.3, -0.25) is 0 Å². The molecule has 1 aliphatic rings. The van der Waals surface area contributed by atoms with E-state index in [4.69, 9.17) is 9.84 Å². The van der Waals surface area contributed by atoms with Gasteiger partial charge >= 0.3 is 5.97 Å². The van der Waals surface area contributed by atoms with Crippen molar-refractivity contribution in [3.8, 4) is 5.75 Å². The molecule has 0 radical (unpaired) electrons. The van der Waals surface area contributed by atoms with Gasteiger partial charge in [-0.15, -0.1) is 0 Å². The van der Waals surface area contributed by atoms with Crippen LogP contribution in [0.5, 0.6) is 5.75 Å². The summed E-state index contributed by atoms with van der Waals surface area (Å²) in [7, 11) is 0. The molecule has 0 bridgehead atoms. The highest BCUT2D eigenvalue weighted by Gasteiger charge is 2.19. The minimum Gasteiger partial charge on any atom is -0.489 e. The lowest BCUT2D eigenvalue weighted by atomic mass is 9.87. The minimum absolute atomic E-state index is 0.302. The second-order valence-corrected chi connectivity index (χ2v) is 8.15. The van der Waals surface area contributed by atoms with Gasteiger partial charge < -0.3 is 15.1 Å². The highest BCUT2D eigenvalue weighted by atomic mass is 16.5. The second-order valence-electron chi connectivity index (χ2n) is 8.15. The monoisotopic (exact) mass is 429 g/mol. The minimum atomic E-state index is -0.910. The summed E-state index contributed by atoms with van der Waals surface area (Å²) in [6.07, 6.45) is 5.26. The van der Waals surface area contributed by atoms with E-state index in [9.17, 15) is 10.0 Å². The zero-order chi connectivity index (χ0) is 22.3. The van der Waals surface area contributed by atoms with Crippen LogP contribution < -0.4 is 4.74 Å². The number of oxime groups is 1. The van der Waals surface area contributed by atoms with Crippen LogP contribution in [0.3, 0.4) is 0 Å². The summed E-state index contributed by atoms with van der Waals surface area (Å²) < 4.78 is 6.24. The van der Waals surface area contributed by atoms with Gasteiger partial charge in [0.1, 0.15) is 12.4 Å². The average Bonchev–Trinajstić information content (AvgIpc) is 2.83. The topological polar surface area (TPSA) is 79.1 Å². The molecule has 0 saturated heterocycles. The maximum Gasteiger partial charge on any atom is 0.335 e. The van der Waals surface area contributed by atoms with Gasteiger partial charge in [-0.2, -0.15) is 0 Å². The number of ether oxygens (including phenoxy) is 1. The molecule has 164 valence electrons. The molecule has 4 rings (SSSR count). The smallest absolute Gasteiger partial charge is 0.335 e. The summed E-state index contributed by atoms with van der Waals surface area (Å²) in [4.78, 5) is 11.0. The van der Waals surface area contributed by atoms with E-state index in [2.05, 4.69) is 29.4 Å². The number of rotatable bonds is 8. The van der Waals surface area contributed by atoms with Crippen LogP contribution in [-0.2, 0) is 25.9 Å². The molecule has 0 aromatic heterocycles. The molecule has 5 heteroatoms. The Morgan fingerprint density at radius 3 is 2.44 bits per heavy atom. The molecule has 3 aromatic rings. The van der Waals surface area contributed by atoms with Gasteiger partial charge in [0.05, 0.1) is 11.3 Å². The van der Waals surface area contributed by atoms with Crippen molar-refractivity contribution in [3.05, 3.63) is 100 Å². The van der Waals surface area contributed by atoms with E-state index in [1.807, 2.05) is 30.3 Å². The molecule has 1 aliphatic carbocycles. The third-order valence-electron chi connectivity index (χ3n) is 5.93. The molecule has 0 heterocycles. The van der Waals surface area contributed by atoms with E-state index in [1.54, 1.807) is 12.1 Å². The van der Waals surface area contributed by atoms with Gasteiger partial charge in [0.15, 0.2) is 0 Å². The third-order valence-corrected chi connectivity index (χ3v) is 5.93. The van der Waals surface area contributed by atoms with Crippen LogP contribution in [0.25, 0.3) is 0 Å². The molecular weight excluding hydrogens is 402 g/mol. The molecule has 2 N–H and O–H groups in total. The van der Waals surface area contributed by atoms with Crippen molar-refractivity contribution in [3.63, 3.8) is 0 Å². The van der Waals surface area contributed by atoms with Crippen LogP contribution in [0.4, 0.5) is 0 Å². The Morgan fingerprint density at radius 2 is 1.72 bits per heavy atom. The fraction of sp³-hybridized carbons (Fsp3) is 0.259. The van der Waals surface area contributed by atoms with E-state index in [1.165, 1.54) is 5.56 Å². The number of carboxylic acids is 1. The maximum atomic E-state index is 11.0. The lowest BCUT2D eigenvalue weighted by molar-refractivity contribution is 0.0697. The Hall–Kier alpha value is -3.60. The average molecular weight is 430 g/mol. The Balaban J connectivity index is 1.52. The number of aryl methyl sites for hydroxylation is 3. The number of hydrogen-bond donors (Lipinski definition) is 2. The van der Waals surface area contributed by atoms with Gasteiger partial charge in [0, 0.05) is 5.56 Å². The standard InChI is InChI=1S/C27H27NO4/c29-27(30)21-14-12-19(13-15-21)8-4-10-23-16-24-22(9-5-11-25(24)28-31)17-26(23)32-18-20-6-2-1-3-7-20/h1-3,6-7,12-17,31H,4-5,8-11,18H2,(H,29,30)/b28-25+. The van der Waals surface area contributed by atoms with Gasteiger partial charge in [-0.1, -0.05) is 47.6 Å². The van der Waals surface area contributed by atoms with E-state index in [0.717, 1.165) is 72.2 Å². The number of carbonyl (C=O) groups is 1. The summed E-state index contributed by atoms with van der Waals surface area (Å²) in [6, 6.07) is 21.4. The van der Waals surface area contributed by atoms with Crippen LogP contribution >= 0.6 is 0 Å². The summed E-state index contributed by atoms with van der Waals surface area (Å²) >= 11 is 0. The van der Waals surface area contributed by atoms with Crippen molar-refractivity contribution in [2.24, 2.45) is 5.16 Å². The first kappa shape index (κ1) is 21.6. The summed E-state index contributed by atoms with van der Waals surface area (Å²) in [5.74, 6) is -0.0276. The van der Waals surface area contributed by atoms with Gasteiger partial charge in [0.25, 0.3) is 0 Å². The fourth-order valence-corrected chi connectivity index (χ4v) is 4.19. The molecule has 0 unspecified atom stereocenters. The summed E-state index contributed by atoms with van der Waals surface area (Å²) in [6.45, 7) is 0.504. The van der Waals surface area contributed by atoms with Gasteiger partial charge in [0.2, 0.25) is 0 Å². The molecule has 0 spiro atoms. The van der Waals surface area contributed by atoms with Gasteiger partial charge in [-0.25, -0.2) is 4.79 Å². The first-order valence-corrected chi connectivity index (χ1v) is 11.0. The highest BCUT2D eigenvalue weighted by Crippen LogP contribution is 2.31.